The summed E-state index contributed by atoms with van der Waals surface area (Å²) >= 11 is 5.69. The molecule has 0 spiro atoms. The Morgan fingerprint density at radius 3 is 2.69 bits per heavy atom. The molecule has 1 heterocycles. The van der Waals surface area contributed by atoms with Gasteiger partial charge in [-0.2, -0.15) is 0 Å². The van der Waals surface area contributed by atoms with Gasteiger partial charge in [-0.15, -0.1) is 0 Å². The third kappa shape index (κ3) is 3.16. The van der Waals surface area contributed by atoms with Crippen LogP contribution in [0.3, 0.4) is 0 Å². The molecule has 0 radical (unpaired) electrons. The molecule has 0 aliphatic rings. The fourth-order valence-electron chi connectivity index (χ4n) is 1.95. The van der Waals surface area contributed by atoms with Gasteiger partial charge in [-0.05, 0) is 26.0 Å². The van der Waals surface area contributed by atoms with E-state index in [0.29, 0.717) is 10.7 Å². The molecule has 4 heteroatoms. The van der Waals surface area contributed by atoms with Crippen LogP contribution in [0.2, 0.25) is 5.02 Å². The molecule has 0 saturated heterocycles. The van der Waals surface area contributed by atoms with Gasteiger partial charge in [0.15, 0.2) is 0 Å². The highest BCUT2D eigenvalue weighted by molar-refractivity contribution is 6.30. The first-order valence-corrected chi connectivity index (χ1v) is 6.02. The highest BCUT2D eigenvalue weighted by Crippen LogP contribution is 2.25. The predicted molar refractivity (Wildman–Crippen MR) is 65.4 cm³/mol. The molecule has 2 nitrogen and oxygen atoms in total. The highest BCUT2D eigenvalue weighted by atomic mass is 35.5. The van der Waals surface area contributed by atoms with E-state index in [2.05, 4.69) is 10.3 Å². The summed E-state index contributed by atoms with van der Waals surface area (Å²) < 4.78 is 13.7. The summed E-state index contributed by atoms with van der Waals surface area (Å²) in [7, 11) is 0. The Labute approximate surface area is 101 Å². The number of hydrogen-bond acceptors (Lipinski definition) is 2. The molecule has 0 bridgehead atoms. The third-order valence-corrected chi connectivity index (χ3v) is 2.96. The molecule has 2 unspecified atom stereocenters. The van der Waals surface area contributed by atoms with E-state index < -0.39 is 0 Å². The Bertz CT molecular complexity index is 344. The summed E-state index contributed by atoms with van der Waals surface area (Å²) in [5, 5.41) is 3.64. The predicted octanol–water partition coefficient (Wildman–Crippen LogP) is 3.37. The number of nitrogens with one attached hydrogen (secondary N) is 1. The van der Waals surface area contributed by atoms with Gasteiger partial charge < -0.3 is 5.32 Å². The molecular formula is C12H18ClFN2. The Morgan fingerprint density at radius 2 is 2.19 bits per heavy atom. The van der Waals surface area contributed by atoms with E-state index in [-0.39, 0.29) is 17.8 Å². The van der Waals surface area contributed by atoms with Gasteiger partial charge in [-0.25, -0.2) is 4.39 Å². The molecule has 90 valence electrons. The Balaban J connectivity index is 2.94. The van der Waals surface area contributed by atoms with E-state index in [4.69, 9.17) is 11.6 Å². The zero-order chi connectivity index (χ0) is 12.1. The second-order valence-corrected chi connectivity index (χ2v) is 4.32. The van der Waals surface area contributed by atoms with E-state index in [1.807, 2.05) is 20.8 Å². The topological polar surface area (TPSA) is 24.9 Å². The molecule has 0 amide bonds. The van der Waals surface area contributed by atoms with E-state index in [1.165, 1.54) is 12.3 Å². The summed E-state index contributed by atoms with van der Waals surface area (Å²) in [5.41, 5.74) is 0.500. The number of aromatic nitrogens is 1. The second kappa shape index (κ2) is 6.16. The highest BCUT2D eigenvalue weighted by Gasteiger charge is 2.21. The molecule has 1 aromatic heterocycles. The van der Waals surface area contributed by atoms with E-state index in [1.54, 1.807) is 0 Å². The van der Waals surface area contributed by atoms with Gasteiger partial charge in [0.1, 0.15) is 5.82 Å². The summed E-state index contributed by atoms with van der Waals surface area (Å²) in [6.45, 7) is 6.99. The number of nitrogens with zero attached hydrogens (tertiary/aromatic N) is 1. The Hall–Kier alpha value is -0.670. The minimum absolute atomic E-state index is 0.0808. The molecule has 0 aromatic carbocycles. The van der Waals surface area contributed by atoms with Crippen molar-refractivity contribution < 1.29 is 4.39 Å². The van der Waals surface area contributed by atoms with E-state index in [9.17, 15) is 4.39 Å². The van der Waals surface area contributed by atoms with Crippen LogP contribution in [0.1, 0.15) is 38.8 Å². The van der Waals surface area contributed by atoms with Gasteiger partial charge in [0, 0.05) is 18.2 Å². The number of rotatable bonds is 5. The summed E-state index contributed by atoms with van der Waals surface area (Å²) in [6.07, 6.45) is 2.35. The van der Waals surface area contributed by atoms with Crippen LogP contribution in [0.4, 0.5) is 4.39 Å². The number of halogens is 2. The van der Waals surface area contributed by atoms with Crippen LogP contribution in [0.25, 0.3) is 0 Å². The molecule has 0 saturated carbocycles. The van der Waals surface area contributed by atoms with Gasteiger partial charge in [0.2, 0.25) is 0 Å². The van der Waals surface area contributed by atoms with Crippen LogP contribution in [0.15, 0.2) is 12.3 Å². The average molecular weight is 245 g/mol. The van der Waals surface area contributed by atoms with Crippen molar-refractivity contribution in [1.29, 1.82) is 0 Å². The standard InChI is InChI=1S/C12H18ClFN2/c1-4-10(8(3)15-5-2)12-11(14)6-9(13)7-16-12/h6-8,10,15H,4-5H2,1-3H3. The molecule has 0 aliphatic heterocycles. The average Bonchev–Trinajstić information content (AvgIpc) is 2.22. The normalized spacial score (nSPS) is 14.8. The number of hydrogen-bond donors (Lipinski definition) is 1. The van der Waals surface area contributed by atoms with Crippen molar-refractivity contribution in [3.8, 4) is 0 Å². The summed E-state index contributed by atoms with van der Waals surface area (Å²) in [5.74, 6) is -0.235. The van der Waals surface area contributed by atoms with Crippen molar-refractivity contribution in [3.63, 3.8) is 0 Å². The van der Waals surface area contributed by atoms with Crippen molar-refractivity contribution in [2.75, 3.05) is 6.54 Å². The molecule has 2 atom stereocenters. The fraction of sp³-hybridized carbons (Fsp3) is 0.583. The number of likely N-dealkylation sites (N-methyl/N-ethyl adjacent to an activating group) is 1. The molecule has 1 aromatic rings. The smallest absolute Gasteiger partial charge is 0.146 e. The van der Waals surface area contributed by atoms with Crippen LogP contribution in [-0.2, 0) is 0 Å². The summed E-state index contributed by atoms with van der Waals surface area (Å²) in [4.78, 5) is 4.11. The van der Waals surface area contributed by atoms with Crippen molar-refractivity contribution in [2.45, 2.75) is 39.2 Å². The van der Waals surface area contributed by atoms with Gasteiger partial charge in [-0.1, -0.05) is 25.4 Å². The maximum absolute atomic E-state index is 13.7. The monoisotopic (exact) mass is 244 g/mol. The lowest BCUT2D eigenvalue weighted by Crippen LogP contribution is -2.32. The van der Waals surface area contributed by atoms with Crippen LogP contribution in [-0.4, -0.2) is 17.6 Å². The first kappa shape index (κ1) is 13.4. The van der Waals surface area contributed by atoms with Gasteiger partial charge >= 0.3 is 0 Å². The lowest BCUT2D eigenvalue weighted by atomic mass is 9.93. The quantitative estimate of drug-likeness (QED) is 0.859. The fourth-order valence-corrected chi connectivity index (χ4v) is 2.09. The largest absolute Gasteiger partial charge is 0.314 e. The maximum Gasteiger partial charge on any atom is 0.146 e. The SMILES string of the molecule is CCNC(C)C(CC)c1ncc(Cl)cc1F. The lowest BCUT2D eigenvalue weighted by molar-refractivity contribution is 0.434. The maximum atomic E-state index is 13.7. The zero-order valence-corrected chi connectivity index (χ0v) is 10.7. The van der Waals surface area contributed by atoms with Crippen molar-refractivity contribution in [1.82, 2.24) is 10.3 Å². The molecule has 1 N–H and O–H groups in total. The van der Waals surface area contributed by atoms with Gasteiger partial charge in [-0.3, -0.25) is 4.98 Å². The van der Waals surface area contributed by atoms with Crippen LogP contribution in [0.5, 0.6) is 0 Å². The Morgan fingerprint density at radius 1 is 1.50 bits per heavy atom. The number of pyridine rings is 1. The Kier molecular flexibility index (Phi) is 5.16. The molecular weight excluding hydrogens is 227 g/mol. The van der Waals surface area contributed by atoms with Crippen LogP contribution in [0, 0.1) is 5.82 Å². The molecule has 16 heavy (non-hydrogen) atoms. The zero-order valence-electron chi connectivity index (χ0n) is 9.93. The van der Waals surface area contributed by atoms with Gasteiger partial charge in [0.05, 0.1) is 10.7 Å². The van der Waals surface area contributed by atoms with Crippen molar-refractivity contribution in [3.05, 3.63) is 28.8 Å². The van der Waals surface area contributed by atoms with E-state index in [0.717, 1.165) is 13.0 Å². The lowest BCUT2D eigenvalue weighted by Gasteiger charge is -2.23. The second-order valence-electron chi connectivity index (χ2n) is 3.88. The van der Waals surface area contributed by atoms with Crippen LogP contribution < -0.4 is 5.32 Å². The first-order chi connectivity index (χ1) is 7.60. The molecule has 0 fully saturated rings. The first-order valence-electron chi connectivity index (χ1n) is 5.64. The van der Waals surface area contributed by atoms with Crippen molar-refractivity contribution in [2.24, 2.45) is 0 Å². The van der Waals surface area contributed by atoms with E-state index >= 15 is 0 Å². The third-order valence-electron chi connectivity index (χ3n) is 2.76. The van der Waals surface area contributed by atoms with Crippen LogP contribution >= 0.6 is 11.6 Å². The summed E-state index contributed by atoms with van der Waals surface area (Å²) in [6, 6.07) is 1.53. The van der Waals surface area contributed by atoms with Gasteiger partial charge in [0.25, 0.3) is 0 Å². The minimum Gasteiger partial charge on any atom is -0.314 e. The van der Waals surface area contributed by atoms with Crippen molar-refractivity contribution >= 4 is 11.6 Å². The minimum atomic E-state index is -0.316. The molecule has 1 rings (SSSR count). The molecule has 0 aliphatic carbocycles.